The van der Waals surface area contributed by atoms with Crippen LogP contribution in [-0.4, -0.2) is 24.4 Å². The number of aryl methyl sites for hydroxylation is 3. The number of ether oxygens (including phenoxy) is 1. The van der Waals surface area contributed by atoms with Crippen LogP contribution in [0.4, 0.5) is 0 Å². The van der Waals surface area contributed by atoms with Crippen molar-refractivity contribution in [2.24, 2.45) is 0 Å². The second-order valence-electron chi connectivity index (χ2n) is 6.95. The van der Waals surface area contributed by atoms with E-state index in [0.29, 0.717) is 13.2 Å². The molecule has 0 bridgehead atoms. The summed E-state index contributed by atoms with van der Waals surface area (Å²) in [5, 5.41) is 13.7. The van der Waals surface area contributed by atoms with Gasteiger partial charge in [-0.1, -0.05) is 42.8 Å². The predicted molar refractivity (Wildman–Crippen MR) is 112 cm³/mol. The number of nitrogens with one attached hydrogen (secondary N) is 1. The highest BCUT2D eigenvalue weighted by Gasteiger charge is 2.13. The van der Waals surface area contributed by atoms with Gasteiger partial charge in [0.1, 0.15) is 18.5 Å². The van der Waals surface area contributed by atoms with Crippen molar-refractivity contribution in [2.45, 2.75) is 53.2 Å². The monoisotopic (exact) mass is 377 g/mol. The van der Waals surface area contributed by atoms with E-state index in [1.807, 2.05) is 6.07 Å². The third-order valence-electron chi connectivity index (χ3n) is 4.68. The lowest BCUT2D eigenvalue weighted by atomic mass is 10.0. The summed E-state index contributed by atoms with van der Waals surface area (Å²) in [6, 6.07) is 13.0. The molecule has 26 heavy (non-hydrogen) atoms. The molecule has 0 heterocycles. The van der Waals surface area contributed by atoms with Crippen molar-refractivity contribution in [1.29, 1.82) is 0 Å². The summed E-state index contributed by atoms with van der Waals surface area (Å²) >= 11 is 0. The maximum atomic E-state index is 10.3. The van der Waals surface area contributed by atoms with Crippen LogP contribution < -0.4 is 10.1 Å². The Morgan fingerprint density at radius 1 is 1.00 bits per heavy atom. The molecular weight excluding hydrogens is 346 g/mol. The van der Waals surface area contributed by atoms with E-state index in [1.54, 1.807) is 0 Å². The Morgan fingerprint density at radius 2 is 1.65 bits per heavy atom. The summed E-state index contributed by atoms with van der Waals surface area (Å²) in [5.74, 6) is 0.863. The van der Waals surface area contributed by atoms with Crippen LogP contribution in [0.1, 0.15) is 47.2 Å². The summed E-state index contributed by atoms with van der Waals surface area (Å²) in [6.07, 6.45) is 0.437. The van der Waals surface area contributed by atoms with Crippen LogP contribution in [0.3, 0.4) is 0 Å². The lowest BCUT2D eigenvalue weighted by Crippen LogP contribution is -2.33. The Bertz CT molecular complexity index is 685. The molecule has 2 atom stereocenters. The van der Waals surface area contributed by atoms with Gasteiger partial charge < -0.3 is 15.2 Å². The number of hydrogen-bond acceptors (Lipinski definition) is 3. The van der Waals surface area contributed by atoms with Crippen LogP contribution in [0.5, 0.6) is 5.75 Å². The van der Waals surface area contributed by atoms with Crippen LogP contribution in [0.2, 0.25) is 0 Å². The minimum absolute atomic E-state index is 0. The Balaban J connectivity index is 0.00000338. The first-order valence-corrected chi connectivity index (χ1v) is 9.09. The van der Waals surface area contributed by atoms with Crippen LogP contribution in [0.25, 0.3) is 0 Å². The minimum atomic E-state index is -0.542. The molecule has 0 aliphatic heterocycles. The van der Waals surface area contributed by atoms with Crippen LogP contribution in [0, 0.1) is 27.7 Å². The first-order chi connectivity index (χ1) is 11.9. The van der Waals surface area contributed by atoms with Gasteiger partial charge in [-0.15, -0.1) is 12.4 Å². The van der Waals surface area contributed by atoms with Crippen molar-refractivity contribution in [3.63, 3.8) is 0 Å². The first-order valence-electron chi connectivity index (χ1n) is 9.09. The molecule has 0 aliphatic carbocycles. The zero-order valence-electron chi connectivity index (χ0n) is 16.5. The molecule has 4 heteroatoms. The van der Waals surface area contributed by atoms with E-state index >= 15 is 0 Å². The van der Waals surface area contributed by atoms with Gasteiger partial charge in [0.2, 0.25) is 0 Å². The zero-order chi connectivity index (χ0) is 18.4. The lowest BCUT2D eigenvalue weighted by Gasteiger charge is -2.21. The van der Waals surface area contributed by atoms with Crippen molar-refractivity contribution in [1.82, 2.24) is 5.32 Å². The lowest BCUT2D eigenvalue weighted by molar-refractivity contribution is 0.103. The fraction of sp³-hybridized carbons (Fsp3) is 0.455. The molecule has 2 aromatic rings. The second kappa shape index (κ2) is 10.6. The van der Waals surface area contributed by atoms with Gasteiger partial charge in [0.15, 0.2) is 0 Å². The molecule has 0 amide bonds. The predicted octanol–water partition coefficient (Wildman–Crippen LogP) is 4.82. The van der Waals surface area contributed by atoms with Gasteiger partial charge in [-0.2, -0.15) is 0 Å². The fourth-order valence-electron chi connectivity index (χ4n) is 2.97. The van der Waals surface area contributed by atoms with Gasteiger partial charge in [0, 0.05) is 12.6 Å². The molecule has 0 aliphatic rings. The van der Waals surface area contributed by atoms with Crippen LogP contribution >= 0.6 is 12.4 Å². The Labute approximate surface area is 164 Å². The first kappa shape index (κ1) is 22.5. The van der Waals surface area contributed by atoms with E-state index in [9.17, 15) is 5.11 Å². The molecule has 2 N–H and O–H groups in total. The Hall–Kier alpha value is -1.55. The van der Waals surface area contributed by atoms with Crippen LogP contribution in [-0.2, 0) is 0 Å². The van der Waals surface area contributed by atoms with E-state index in [2.05, 4.69) is 70.3 Å². The molecule has 0 fully saturated rings. The number of rotatable bonds is 8. The molecule has 2 aromatic carbocycles. The maximum absolute atomic E-state index is 10.3. The average Bonchev–Trinajstić information content (AvgIpc) is 2.58. The third-order valence-corrected chi connectivity index (χ3v) is 4.68. The van der Waals surface area contributed by atoms with E-state index in [1.165, 1.54) is 22.3 Å². The third kappa shape index (κ3) is 6.31. The van der Waals surface area contributed by atoms with Gasteiger partial charge in [0.25, 0.3) is 0 Å². The summed E-state index contributed by atoms with van der Waals surface area (Å²) < 4.78 is 5.86. The minimum Gasteiger partial charge on any atom is -0.491 e. The van der Waals surface area contributed by atoms with Gasteiger partial charge in [-0.25, -0.2) is 0 Å². The number of halogens is 1. The van der Waals surface area contributed by atoms with Crippen molar-refractivity contribution in [3.05, 3.63) is 64.2 Å². The van der Waals surface area contributed by atoms with E-state index in [-0.39, 0.29) is 18.4 Å². The van der Waals surface area contributed by atoms with Crippen molar-refractivity contribution in [2.75, 3.05) is 13.2 Å². The summed E-state index contributed by atoms with van der Waals surface area (Å²) in [6.45, 7) is 11.2. The van der Waals surface area contributed by atoms with Crippen molar-refractivity contribution in [3.8, 4) is 5.75 Å². The molecule has 3 nitrogen and oxygen atoms in total. The van der Waals surface area contributed by atoms with Gasteiger partial charge in [-0.3, -0.25) is 0 Å². The highest BCUT2D eigenvalue weighted by Crippen LogP contribution is 2.23. The van der Waals surface area contributed by atoms with Gasteiger partial charge in [-0.05, 0) is 62.4 Å². The quantitative estimate of drug-likeness (QED) is 0.692. The highest BCUT2D eigenvalue weighted by atomic mass is 35.5. The highest BCUT2D eigenvalue weighted by molar-refractivity contribution is 5.85. The molecular formula is C22H32ClNO2. The summed E-state index contributed by atoms with van der Waals surface area (Å²) in [4.78, 5) is 0. The maximum Gasteiger partial charge on any atom is 0.122 e. The van der Waals surface area contributed by atoms with Gasteiger partial charge >= 0.3 is 0 Å². The Morgan fingerprint density at radius 3 is 2.27 bits per heavy atom. The normalized spacial score (nSPS) is 13.0. The fourth-order valence-corrected chi connectivity index (χ4v) is 2.97. The molecule has 0 saturated carbocycles. The molecule has 0 aromatic heterocycles. The molecule has 0 radical (unpaired) electrons. The smallest absolute Gasteiger partial charge is 0.122 e. The standard InChI is InChI=1S/C22H31NO2.ClH/c1-6-21(19-9-7-15(2)8-10-19)23-13-20(24)14-25-22-12-16(3)11-17(4)18(22)5;/h7-12,20-21,23-24H,6,13-14H2,1-5H3;1H. The Kier molecular flexibility index (Phi) is 9.14. The molecule has 2 unspecified atom stereocenters. The number of aliphatic hydroxyl groups is 1. The number of aliphatic hydroxyl groups excluding tert-OH is 1. The second-order valence-corrected chi connectivity index (χ2v) is 6.95. The molecule has 0 spiro atoms. The van der Waals surface area contributed by atoms with Crippen LogP contribution in [0.15, 0.2) is 36.4 Å². The topological polar surface area (TPSA) is 41.5 Å². The van der Waals surface area contributed by atoms with E-state index in [0.717, 1.165) is 17.7 Å². The number of benzene rings is 2. The largest absolute Gasteiger partial charge is 0.491 e. The van der Waals surface area contributed by atoms with E-state index < -0.39 is 6.10 Å². The average molecular weight is 378 g/mol. The zero-order valence-corrected chi connectivity index (χ0v) is 17.3. The summed E-state index contributed by atoms with van der Waals surface area (Å²) in [5.41, 5.74) is 6.04. The molecule has 2 rings (SSSR count). The van der Waals surface area contributed by atoms with Crippen molar-refractivity contribution < 1.29 is 9.84 Å². The van der Waals surface area contributed by atoms with Gasteiger partial charge in [0.05, 0.1) is 0 Å². The number of hydrogen-bond donors (Lipinski definition) is 2. The van der Waals surface area contributed by atoms with E-state index in [4.69, 9.17) is 4.74 Å². The SMILES string of the molecule is CCC(NCC(O)COc1cc(C)cc(C)c1C)c1ccc(C)cc1.Cl. The van der Waals surface area contributed by atoms with Crippen molar-refractivity contribution >= 4 is 12.4 Å². The molecule has 144 valence electrons. The molecule has 0 saturated heterocycles. The summed E-state index contributed by atoms with van der Waals surface area (Å²) in [7, 11) is 0.